The topological polar surface area (TPSA) is 104 Å². The number of pyridine rings is 1. The molecule has 5 rings (SSSR count). The Labute approximate surface area is 201 Å². The number of aromatic amines is 1. The minimum atomic E-state index is -0.608. The summed E-state index contributed by atoms with van der Waals surface area (Å²) >= 11 is 6.38. The van der Waals surface area contributed by atoms with Crippen molar-refractivity contribution in [3.63, 3.8) is 0 Å². The van der Waals surface area contributed by atoms with Crippen LogP contribution in [0.1, 0.15) is 30.1 Å². The van der Waals surface area contributed by atoms with Crippen LogP contribution >= 0.6 is 11.6 Å². The summed E-state index contributed by atoms with van der Waals surface area (Å²) in [4.78, 5) is 20.7. The number of nitrogens with one attached hydrogen (secondary N) is 2. The third-order valence-electron chi connectivity index (χ3n) is 6.53. The molecule has 9 heteroatoms. The first-order chi connectivity index (χ1) is 16.5. The van der Waals surface area contributed by atoms with Gasteiger partial charge in [-0.25, -0.2) is 4.79 Å². The molecular weight excluding hydrogens is 456 g/mol. The van der Waals surface area contributed by atoms with E-state index >= 15 is 0 Å². The van der Waals surface area contributed by atoms with Crippen LogP contribution in [0, 0.1) is 0 Å². The molecule has 4 aromatic rings. The van der Waals surface area contributed by atoms with Crippen LogP contribution < -0.4 is 15.8 Å². The Bertz CT molecular complexity index is 1360. The third-order valence-corrected chi connectivity index (χ3v) is 6.88. The number of β-amino-alcohol motifs (C(OH)–C–C–N with tert-alkyl or cyclic N) is 1. The molecule has 0 saturated carbocycles. The van der Waals surface area contributed by atoms with Crippen LogP contribution in [-0.4, -0.2) is 52.8 Å². The number of aliphatic hydroxyl groups is 1. The fourth-order valence-corrected chi connectivity index (χ4v) is 4.86. The van der Waals surface area contributed by atoms with Gasteiger partial charge in [-0.3, -0.25) is 9.97 Å². The zero-order valence-electron chi connectivity index (χ0n) is 18.9. The smallest absolute Gasteiger partial charge is 0.417 e. The quantitative estimate of drug-likeness (QED) is 0.369. The zero-order valence-corrected chi connectivity index (χ0v) is 19.6. The van der Waals surface area contributed by atoms with Crippen LogP contribution in [0.5, 0.6) is 5.75 Å². The van der Waals surface area contributed by atoms with E-state index in [0.717, 1.165) is 53.7 Å². The van der Waals surface area contributed by atoms with Gasteiger partial charge in [0.2, 0.25) is 0 Å². The number of nitrogens with zero attached hydrogens (tertiary/aromatic N) is 2. The van der Waals surface area contributed by atoms with Crippen LogP contribution in [0.15, 0.2) is 51.8 Å². The van der Waals surface area contributed by atoms with E-state index in [1.807, 2.05) is 30.3 Å². The summed E-state index contributed by atoms with van der Waals surface area (Å²) in [6, 6.07) is 11.5. The number of halogens is 1. The van der Waals surface area contributed by atoms with Crippen LogP contribution in [0.4, 0.5) is 0 Å². The van der Waals surface area contributed by atoms with Crippen LogP contribution in [0.3, 0.4) is 0 Å². The number of aromatic nitrogens is 2. The number of methoxy groups -OCH3 is 1. The van der Waals surface area contributed by atoms with Gasteiger partial charge in [-0.05, 0) is 73.5 Å². The standard InChI is InChI=1S/C25H27ClN4O4/c1-33-17-2-3-21-19(11-17)18(4-7-27-21)23(31)14-30-8-5-16(6-9-30)28-13-15-10-24-22(12-20(15)26)29-25(32)34-24/h2-4,7,10-12,16,23,28,31H,5-6,8-9,13-14H2,1H3,(H,29,32)/t23-/m0/s1. The average Bonchev–Trinajstić information content (AvgIpc) is 3.21. The van der Waals surface area contributed by atoms with Crippen LogP contribution in [-0.2, 0) is 6.54 Å². The second-order valence-corrected chi connectivity index (χ2v) is 9.12. The second-order valence-electron chi connectivity index (χ2n) is 8.71. The van der Waals surface area contributed by atoms with Gasteiger partial charge in [-0.1, -0.05) is 11.6 Å². The molecule has 0 unspecified atom stereocenters. The van der Waals surface area contributed by atoms with Crippen molar-refractivity contribution in [1.82, 2.24) is 20.2 Å². The maximum Gasteiger partial charge on any atom is 0.417 e. The lowest BCUT2D eigenvalue weighted by atomic mass is 10.0. The summed E-state index contributed by atoms with van der Waals surface area (Å²) in [6.07, 6.45) is 3.07. The predicted molar refractivity (Wildman–Crippen MR) is 131 cm³/mol. The van der Waals surface area contributed by atoms with Gasteiger partial charge in [0.1, 0.15) is 5.75 Å². The summed E-state index contributed by atoms with van der Waals surface area (Å²) in [5, 5.41) is 16.1. The number of likely N-dealkylation sites (tertiary alicyclic amines) is 1. The highest BCUT2D eigenvalue weighted by molar-refractivity contribution is 6.32. The molecule has 2 aromatic carbocycles. The van der Waals surface area contributed by atoms with E-state index in [0.29, 0.717) is 35.3 Å². The lowest BCUT2D eigenvalue weighted by Crippen LogP contribution is -2.43. The molecule has 1 saturated heterocycles. The van der Waals surface area contributed by atoms with Gasteiger partial charge >= 0.3 is 5.76 Å². The number of H-pyrrole nitrogens is 1. The number of aliphatic hydroxyl groups excluding tert-OH is 1. The van der Waals surface area contributed by atoms with Gasteiger partial charge < -0.3 is 24.5 Å². The van der Waals surface area contributed by atoms with Gasteiger partial charge in [0.15, 0.2) is 5.58 Å². The van der Waals surface area contributed by atoms with E-state index in [4.69, 9.17) is 20.8 Å². The number of hydrogen-bond donors (Lipinski definition) is 3. The van der Waals surface area contributed by atoms with Gasteiger partial charge in [-0.15, -0.1) is 0 Å². The molecule has 8 nitrogen and oxygen atoms in total. The number of oxazole rings is 1. The van der Waals surface area contributed by atoms with Crippen molar-refractivity contribution >= 4 is 33.6 Å². The minimum Gasteiger partial charge on any atom is -0.497 e. The molecule has 1 aliphatic heterocycles. The van der Waals surface area contributed by atoms with Crippen molar-refractivity contribution in [3.05, 3.63) is 69.3 Å². The molecule has 2 aromatic heterocycles. The van der Waals surface area contributed by atoms with Gasteiger partial charge in [0.25, 0.3) is 0 Å². The van der Waals surface area contributed by atoms with E-state index in [1.165, 1.54) is 0 Å². The Morgan fingerprint density at radius 2 is 2.12 bits per heavy atom. The lowest BCUT2D eigenvalue weighted by molar-refractivity contribution is 0.0949. The number of ether oxygens (including phenoxy) is 1. The first-order valence-corrected chi connectivity index (χ1v) is 11.8. The fraction of sp³-hybridized carbons (Fsp3) is 0.360. The SMILES string of the molecule is COc1ccc2nccc([C@@H](O)CN3CCC(NCc4cc5oc(=O)[nH]c5cc4Cl)CC3)c2c1. The maximum absolute atomic E-state index is 11.4. The molecule has 1 fully saturated rings. The van der Waals surface area contributed by atoms with Crippen LogP contribution in [0.2, 0.25) is 5.02 Å². The third kappa shape index (κ3) is 4.81. The molecule has 0 spiro atoms. The molecule has 0 amide bonds. The summed E-state index contributed by atoms with van der Waals surface area (Å²) in [6.45, 7) is 2.95. The monoisotopic (exact) mass is 482 g/mol. The number of rotatable bonds is 7. The van der Waals surface area contributed by atoms with Gasteiger partial charge in [-0.2, -0.15) is 0 Å². The van der Waals surface area contributed by atoms with Gasteiger partial charge in [0, 0.05) is 35.7 Å². The van der Waals surface area contributed by atoms with Crippen molar-refractivity contribution in [2.75, 3.05) is 26.7 Å². The summed E-state index contributed by atoms with van der Waals surface area (Å²) < 4.78 is 10.5. The average molecular weight is 483 g/mol. The molecule has 3 N–H and O–H groups in total. The minimum absolute atomic E-state index is 0.351. The Balaban J connectivity index is 1.17. The van der Waals surface area contributed by atoms with E-state index in [2.05, 4.69) is 20.2 Å². The van der Waals surface area contributed by atoms with E-state index in [9.17, 15) is 9.90 Å². The predicted octanol–water partition coefficient (Wildman–Crippen LogP) is 3.62. The largest absolute Gasteiger partial charge is 0.497 e. The van der Waals surface area contributed by atoms with Crippen molar-refractivity contribution in [1.29, 1.82) is 0 Å². The summed E-state index contributed by atoms with van der Waals surface area (Å²) in [5.74, 6) is 0.267. The van der Waals surface area contributed by atoms with Crippen molar-refractivity contribution in [3.8, 4) is 5.75 Å². The van der Waals surface area contributed by atoms with Crippen molar-refractivity contribution in [2.45, 2.75) is 31.5 Å². The Kier molecular flexibility index (Phi) is 6.56. The second kappa shape index (κ2) is 9.76. The maximum atomic E-state index is 11.4. The summed E-state index contributed by atoms with van der Waals surface area (Å²) in [5.41, 5.74) is 3.72. The molecule has 0 bridgehead atoms. The first kappa shape index (κ1) is 22.9. The Morgan fingerprint density at radius 3 is 2.91 bits per heavy atom. The molecule has 1 atom stereocenters. The van der Waals surface area contributed by atoms with E-state index in [1.54, 1.807) is 19.4 Å². The molecule has 1 aliphatic rings. The van der Waals surface area contributed by atoms with Gasteiger partial charge in [0.05, 0.1) is 24.2 Å². The molecule has 0 radical (unpaired) electrons. The molecule has 34 heavy (non-hydrogen) atoms. The Morgan fingerprint density at radius 1 is 1.29 bits per heavy atom. The lowest BCUT2D eigenvalue weighted by Gasteiger charge is -2.34. The number of hydrogen-bond acceptors (Lipinski definition) is 7. The van der Waals surface area contributed by atoms with Crippen molar-refractivity contribution in [2.24, 2.45) is 0 Å². The van der Waals surface area contributed by atoms with E-state index in [-0.39, 0.29) is 0 Å². The fourth-order valence-electron chi connectivity index (χ4n) is 4.63. The molecule has 3 heterocycles. The number of fused-ring (bicyclic) bond motifs is 2. The molecule has 0 aliphatic carbocycles. The molecular formula is C25H27ClN4O4. The highest BCUT2D eigenvalue weighted by Gasteiger charge is 2.23. The number of piperidine rings is 1. The van der Waals surface area contributed by atoms with Crippen molar-refractivity contribution < 1.29 is 14.3 Å². The zero-order chi connectivity index (χ0) is 23.7. The normalized spacial score (nSPS) is 16.3. The first-order valence-electron chi connectivity index (χ1n) is 11.4. The molecule has 178 valence electrons. The van der Waals surface area contributed by atoms with E-state index < -0.39 is 11.9 Å². The highest BCUT2D eigenvalue weighted by atomic mass is 35.5. The highest BCUT2D eigenvalue weighted by Crippen LogP contribution is 2.28. The number of benzene rings is 2. The Hall–Kier alpha value is -2.91. The van der Waals surface area contributed by atoms with Crippen LogP contribution in [0.25, 0.3) is 22.0 Å². The summed E-state index contributed by atoms with van der Waals surface area (Å²) in [7, 11) is 1.63.